The van der Waals surface area contributed by atoms with Gasteiger partial charge in [-0.05, 0) is 26.8 Å². The van der Waals surface area contributed by atoms with Crippen molar-refractivity contribution in [1.82, 2.24) is 15.4 Å². The van der Waals surface area contributed by atoms with E-state index < -0.39 is 0 Å². The number of rotatable bonds is 6. The Hall–Kier alpha value is -1.25. The van der Waals surface area contributed by atoms with Crippen molar-refractivity contribution in [3.05, 3.63) is 11.8 Å². The molecule has 1 aromatic rings. The van der Waals surface area contributed by atoms with Gasteiger partial charge in [-0.3, -0.25) is 9.59 Å². The zero-order valence-corrected chi connectivity index (χ0v) is 15.1. The molecular formula is C14H23ClN4O3S. The molecule has 7 nitrogen and oxygen atoms in total. The minimum Gasteiger partial charge on any atom is -0.360 e. The van der Waals surface area contributed by atoms with Crippen LogP contribution < -0.4 is 10.6 Å². The van der Waals surface area contributed by atoms with Crippen molar-refractivity contribution in [2.45, 2.75) is 31.6 Å². The van der Waals surface area contributed by atoms with Gasteiger partial charge in [0.1, 0.15) is 5.76 Å². The minimum absolute atomic E-state index is 0. The summed E-state index contributed by atoms with van der Waals surface area (Å²) in [4.78, 5) is 25.9. The fourth-order valence-electron chi connectivity index (χ4n) is 2.20. The van der Waals surface area contributed by atoms with E-state index in [1.54, 1.807) is 24.8 Å². The van der Waals surface area contributed by atoms with E-state index in [0.717, 1.165) is 19.5 Å². The lowest BCUT2D eigenvalue weighted by Gasteiger charge is -2.24. The van der Waals surface area contributed by atoms with E-state index in [1.165, 1.54) is 11.8 Å². The standard InChI is InChI=1S/C14H22N4O3S.ClH/c1-9-6-12(17-21-9)16-14(20)10(2)22-8-13(19)18(3)11-4-5-15-7-11;/h6,10-11,15H,4-5,7-8H2,1-3H3,(H,16,17,20);1H. The second kappa shape index (κ2) is 9.14. The van der Waals surface area contributed by atoms with Crippen molar-refractivity contribution >= 4 is 41.8 Å². The van der Waals surface area contributed by atoms with E-state index in [-0.39, 0.29) is 35.5 Å². The molecule has 2 rings (SSSR count). The molecule has 23 heavy (non-hydrogen) atoms. The molecule has 0 aromatic carbocycles. The van der Waals surface area contributed by atoms with Crippen molar-refractivity contribution in [3.8, 4) is 0 Å². The first-order valence-corrected chi connectivity index (χ1v) is 8.34. The molecule has 2 unspecified atom stereocenters. The summed E-state index contributed by atoms with van der Waals surface area (Å²) in [6.45, 7) is 5.32. The Morgan fingerprint density at radius 2 is 2.35 bits per heavy atom. The number of thioether (sulfide) groups is 1. The fourth-order valence-corrected chi connectivity index (χ4v) is 3.01. The van der Waals surface area contributed by atoms with E-state index in [2.05, 4.69) is 15.8 Å². The van der Waals surface area contributed by atoms with E-state index >= 15 is 0 Å². The molecule has 2 heterocycles. The van der Waals surface area contributed by atoms with Crippen LogP contribution in [0.5, 0.6) is 0 Å². The van der Waals surface area contributed by atoms with Crippen LogP contribution in [0.3, 0.4) is 0 Å². The number of hydrogen-bond donors (Lipinski definition) is 2. The molecule has 0 bridgehead atoms. The Balaban J connectivity index is 0.00000264. The van der Waals surface area contributed by atoms with Gasteiger partial charge < -0.3 is 20.1 Å². The van der Waals surface area contributed by atoms with Gasteiger partial charge in [0.2, 0.25) is 11.8 Å². The first-order chi connectivity index (χ1) is 10.5. The molecular weight excluding hydrogens is 340 g/mol. The minimum atomic E-state index is -0.337. The number of amides is 2. The maximum Gasteiger partial charge on any atom is 0.238 e. The summed E-state index contributed by atoms with van der Waals surface area (Å²) < 4.78 is 4.89. The molecule has 0 aliphatic carbocycles. The molecule has 2 N–H and O–H groups in total. The third-order valence-corrected chi connectivity index (χ3v) is 4.81. The first-order valence-electron chi connectivity index (χ1n) is 7.29. The SMILES string of the molecule is Cc1cc(NC(=O)C(C)SCC(=O)N(C)C2CCNC2)no1.Cl. The van der Waals surface area contributed by atoms with E-state index in [9.17, 15) is 9.59 Å². The summed E-state index contributed by atoms with van der Waals surface area (Å²) in [6, 6.07) is 1.91. The third kappa shape index (κ3) is 5.71. The van der Waals surface area contributed by atoms with Gasteiger partial charge in [0.25, 0.3) is 0 Å². The highest BCUT2D eigenvalue weighted by molar-refractivity contribution is 8.01. The number of carbonyl (C=O) groups excluding carboxylic acids is 2. The van der Waals surface area contributed by atoms with Crippen LogP contribution in [0.25, 0.3) is 0 Å². The highest BCUT2D eigenvalue weighted by Crippen LogP contribution is 2.16. The Labute approximate surface area is 146 Å². The fraction of sp³-hybridized carbons (Fsp3) is 0.643. The van der Waals surface area contributed by atoms with Crippen LogP contribution in [-0.2, 0) is 9.59 Å². The third-order valence-electron chi connectivity index (χ3n) is 3.68. The summed E-state index contributed by atoms with van der Waals surface area (Å²) in [6.07, 6.45) is 0.981. The molecule has 9 heteroatoms. The molecule has 1 fully saturated rings. The highest BCUT2D eigenvalue weighted by Gasteiger charge is 2.24. The molecule has 2 amide bonds. The Kier molecular flexibility index (Phi) is 7.87. The highest BCUT2D eigenvalue weighted by atomic mass is 35.5. The van der Waals surface area contributed by atoms with Gasteiger partial charge in [-0.25, -0.2) is 0 Å². The predicted octanol–water partition coefficient (Wildman–Crippen LogP) is 1.29. The Morgan fingerprint density at radius 1 is 1.61 bits per heavy atom. The van der Waals surface area contributed by atoms with Gasteiger partial charge in [0, 0.05) is 25.7 Å². The second-order valence-corrected chi connectivity index (χ2v) is 6.75. The van der Waals surface area contributed by atoms with E-state index in [4.69, 9.17) is 4.52 Å². The quantitative estimate of drug-likeness (QED) is 0.792. The molecule has 1 aliphatic rings. The van der Waals surface area contributed by atoms with Crippen LogP contribution in [0.15, 0.2) is 10.6 Å². The zero-order valence-electron chi connectivity index (χ0n) is 13.5. The number of aryl methyl sites for hydroxylation is 1. The van der Waals surface area contributed by atoms with Gasteiger partial charge in [-0.1, -0.05) is 5.16 Å². The molecule has 1 aliphatic heterocycles. The van der Waals surface area contributed by atoms with Crippen molar-refractivity contribution in [2.24, 2.45) is 0 Å². The van der Waals surface area contributed by atoms with Crippen molar-refractivity contribution in [3.63, 3.8) is 0 Å². The summed E-state index contributed by atoms with van der Waals surface area (Å²) in [5, 5.41) is 9.29. The maximum absolute atomic E-state index is 12.1. The largest absolute Gasteiger partial charge is 0.360 e. The summed E-state index contributed by atoms with van der Waals surface area (Å²) in [5.41, 5.74) is 0. The van der Waals surface area contributed by atoms with Gasteiger partial charge in [0.15, 0.2) is 5.82 Å². The first kappa shape index (κ1) is 19.8. The number of aromatic nitrogens is 1. The number of anilines is 1. The van der Waals surface area contributed by atoms with Crippen LogP contribution in [0.1, 0.15) is 19.1 Å². The molecule has 2 atom stereocenters. The average Bonchev–Trinajstić information content (AvgIpc) is 3.15. The average molecular weight is 363 g/mol. The summed E-state index contributed by atoms with van der Waals surface area (Å²) >= 11 is 1.32. The van der Waals surface area contributed by atoms with Crippen molar-refractivity contribution in [1.29, 1.82) is 0 Å². The van der Waals surface area contributed by atoms with Crippen LogP contribution >= 0.6 is 24.2 Å². The molecule has 130 valence electrons. The number of likely N-dealkylation sites (N-methyl/N-ethyl adjacent to an activating group) is 1. The molecule has 1 aromatic heterocycles. The lowest BCUT2D eigenvalue weighted by Crippen LogP contribution is -2.39. The number of halogens is 1. The van der Waals surface area contributed by atoms with Crippen LogP contribution in [-0.4, -0.2) is 59.1 Å². The lowest BCUT2D eigenvalue weighted by atomic mass is 10.2. The number of nitrogens with one attached hydrogen (secondary N) is 2. The van der Waals surface area contributed by atoms with Crippen LogP contribution in [0, 0.1) is 6.92 Å². The van der Waals surface area contributed by atoms with Gasteiger partial charge in [-0.2, -0.15) is 0 Å². The lowest BCUT2D eigenvalue weighted by molar-refractivity contribution is -0.128. The van der Waals surface area contributed by atoms with Crippen molar-refractivity contribution < 1.29 is 14.1 Å². The van der Waals surface area contributed by atoms with Gasteiger partial charge in [-0.15, -0.1) is 24.2 Å². The Morgan fingerprint density at radius 3 is 2.91 bits per heavy atom. The topological polar surface area (TPSA) is 87.5 Å². The molecule has 0 spiro atoms. The number of carbonyl (C=O) groups is 2. The van der Waals surface area contributed by atoms with Crippen molar-refractivity contribution in [2.75, 3.05) is 31.2 Å². The van der Waals surface area contributed by atoms with Gasteiger partial charge in [0.05, 0.1) is 11.0 Å². The second-order valence-electron chi connectivity index (χ2n) is 5.42. The zero-order chi connectivity index (χ0) is 16.1. The molecule has 1 saturated heterocycles. The predicted molar refractivity (Wildman–Crippen MR) is 93.1 cm³/mol. The monoisotopic (exact) mass is 362 g/mol. The smallest absolute Gasteiger partial charge is 0.238 e. The number of nitrogens with zero attached hydrogens (tertiary/aromatic N) is 2. The normalized spacial score (nSPS) is 18.1. The Bertz CT molecular complexity index is 534. The molecule has 0 saturated carbocycles. The number of hydrogen-bond acceptors (Lipinski definition) is 6. The van der Waals surface area contributed by atoms with E-state index in [1.807, 2.05) is 7.05 Å². The maximum atomic E-state index is 12.1. The van der Waals surface area contributed by atoms with Crippen LogP contribution in [0.2, 0.25) is 0 Å². The summed E-state index contributed by atoms with van der Waals surface area (Å²) in [7, 11) is 1.82. The summed E-state index contributed by atoms with van der Waals surface area (Å²) in [5.74, 6) is 1.19. The molecule has 0 radical (unpaired) electrons. The van der Waals surface area contributed by atoms with E-state index in [0.29, 0.717) is 17.3 Å². The van der Waals surface area contributed by atoms with Crippen LogP contribution in [0.4, 0.5) is 5.82 Å². The van der Waals surface area contributed by atoms with Gasteiger partial charge >= 0.3 is 0 Å².